The van der Waals surface area contributed by atoms with Gasteiger partial charge in [-0.15, -0.1) is 0 Å². The number of hydrogen-bond acceptors (Lipinski definition) is 3. The average molecular weight is 581 g/mol. The van der Waals surface area contributed by atoms with E-state index in [0.29, 0.717) is 29.0 Å². The van der Waals surface area contributed by atoms with E-state index in [4.69, 9.17) is 8.85 Å². The predicted molar refractivity (Wildman–Crippen MR) is 168 cm³/mol. The summed E-state index contributed by atoms with van der Waals surface area (Å²) in [7, 11) is -3.92. The van der Waals surface area contributed by atoms with Crippen molar-refractivity contribution < 1.29 is 13.6 Å². The normalized spacial score (nSPS) is 47.2. The molecule has 4 fully saturated rings. The van der Waals surface area contributed by atoms with Gasteiger partial charge in [0.15, 0.2) is 22.4 Å². The zero-order chi connectivity index (χ0) is 29.2. The van der Waals surface area contributed by atoms with Crippen LogP contribution in [0.5, 0.6) is 0 Å². The predicted octanol–water partition coefficient (Wildman–Crippen LogP) is 8.93. The second-order valence-corrected chi connectivity index (χ2v) is 28.2. The second kappa shape index (κ2) is 7.96. The number of fused-ring (bicyclic) bond motifs is 9. The maximum Gasteiger partial charge on any atom is 0.192 e. The van der Waals surface area contributed by atoms with E-state index in [-0.39, 0.29) is 39.5 Å². The van der Waals surface area contributed by atoms with Crippen LogP contribution in [0.15, 0.2) is 22.8 Å². The lowest BCUT2D eigenvalue weighted by Crippen LogP contribution is -2.57. The molecule has 0 aliphatic heterocycles. The van der Waals surface area contributed by atoms with Gasteiger partial charge < -0.3 is 8.85 Å². The average Bonchev–Trinajstić information content (AvgIpc) is 3.72. The summed E-state index contributed by atoms with van der Waals surface area (Å²) < 4.78 is 14.6. The van der Waals surface area contributed by atoms with E-state index in [1.54, 1.807) is 11.1 Å². The van der Waals surface area contributed by atoms with Crippen LogP contribution in [0, 0.1) is 52.3 Å². The van der Waals surface area contributed by atoms with Crippen molar-refractivity contribution >= 4 is 22.4 Å². The highest BCUT2D eigenvalue weighted by atomic mass is 28.4. The Morgan fingerprint density at radius 1 is 0.850 bits per heavy atom. The highest BCUT2D eigenvalue weighted by Crippen LogP contribution is 2.78. The molecule has 0 aromatic carbocycles. The Balaban J connectivity index is 1.31. The topological polar surface area (TPSA) is 35.5 Å². The van der Waals surface area contributed by atoms with Gasteiger partial charge in [-0.25, -0.2) is 0 Å². The molecule has 40 heavy (non-hydrogen) atoms. The minimum Gasteiger partial charge on any atom is -0.413 e. The summed E-state index contributed by atoms with van der Waals surface area (Å²) in [4.78, 5) is 14.5. The lowest BCUT2D eigenvalue weighted by Gasteiger charge is -2.57. The first-order valence-electron chi connectivity index (χ1n) is 16.6. The highest BCUT2D eigenvalue weighted by molar-refractivity contribution is 6.74. The van der Waals surface area contributed by atoms with Gasteiger partial charge in [0.25, 0.3) is 0 Å². The first-order valence-corrected chi connectivity index (χ1v) is 22.4. The molecule has 0 aromatic heterocycles. The standard InChI is InChI=1S/C35H56O3Si2/c1-32(2,3)39(9,10)37-27-13-14-34(7)22-15-19(22)20-16-24-28(29(27)30(20)34)26(36)18-25-31(21-17-23(21)35(24,25)8)38-40(11,12)33(4,5)6/h18-19,21-24,27-29,31H,13-17H2,1-12H3/t19-,21+,22-,23-,24-,27-,28+,29-,31-,34+,35-/m1/s1. The third kappa shape index (κ3) is 3.50. The van der Waals surface area contributed by atoms with Crippen LogP contribution in [0.3, 0.4) is 0 Å². The number of allylic oxidation sites excluding steroid dienone is 2. The Kier molecular flexibility index (Phi) is 5.63. The smallest absolute Gasteiger partial charge is 0.192 e. The fourth-order valence-corrected chi connectivity index (χ4v) is 13.0. The molecule has 11 atom stereocenters. The Labute approximate surface area is 246 Å². The van der Waals surface area contributed by atoms with Crippen molar-refractivity contribution in [1.29, 1.82) is 0 Å². The number of carbonyl (C=O) groups excluding carboxylic acids is 1. The third-order valence-electron chi connectivity index (χ3n) is 14.8. The summed E-state index contributed by atoms with van der Waals surface area (Å²) in [6, 6.07) is 0. The van der Waals surface area contributed by atoms with Gasteiger partial charge in [-0.1, -0.05) is 66.5 Å². The van der Waals surface area contributed by atoms with Crippen LogP contribution in [0.25, 0.3) is 0 Å². The number of ketones is 1. The zero-order valence-electron chi connectivity index (χ0n) is 27.5. The molecule has 7 rings (SSSR count). The van der Waals surface area contributed by atoms with Gasteiger partial charge in [0.05, 0.1) is 12.2 Å². The van der Waals surface area contributed by atoms with Crippen LogP contribution in [-0.4, -0.2) is 34.6 Å². The molecule has 0 amide bonds. The first-order chi connectivity index (χ1) is 18.2. The lowest BCUT2D eigenvalue weighted by atomic mass is 9.48. The quantitative estimate of drug-likeness (QED) is 0.246. The third-order valence-corrected chi connectivity index (χ3v) is 23.7. The minimum absolute atomic E-state index is 0.0901. The molecule has 0 heterocycles. The van der Waals surface area contributed by atoms with Crippen LogP contribution >= 0.6 is 0 Å². The number of hydrogen-bond donors (Lipinski definition) is 0. The van der Waals surface area contributed by atoms with Crippen LogP contribution in [0.2, 0.25) is 36.3 Å². The SMILES string of the molecule is CC(C)(C)[Si](C)(C)O[C@@H]1CC[C@]2(C)C3=C(C[C@@H]4[C@@H](C(=O)C=C5[C@H](O[Si](C)(C)C(C)(C)C)[C@H]6C[C@H]6[C@@]54C)[C@H]31)[C@H]1C[C@H]12. The lowest BCUT2D eigenvalue weighted by molar-refractivity contribution is -0.129. The van der Waals surface area contributed by atoms with Crippen LogP contribution in [-0.2, 0) is 13.6 Å². The molecule has 7 aliphatic rings. The van der Waals surface area contributed by atoms with Crippen molar-refractivity contribution in [2.45, 2.75) is 136 Å². The van der Waals surface area contributed by atoms with Gasteiger partial charge in [-0.05, 0) is 120 Å². The number of carbonyl (C=O) groups is 1. The molecule has 0 saturated heterocycles. The monoisotopic (exact) mass is 580 g/mol. The first kappa shape index (κ1) is 28.3. The van der Waals surface area contributed by atoms with Crippen molar-refractivity contribution in [2.75, 3.05) is 0 Å². The highest BCUT2D eigenvalue weighted by Gasteiger charge is 2.74. The fraction of sp³-hybridized carbons (Fsp3) is 0.857. The molecular weight excluding hydrogens is 525 g/mol. The summed E-state index contributed by atoms with van der Waals surface area (Å²) in [5.74, 6) is 4.12. The molecule has 222 valence electrons. The summed E-state index contributed by atoms with van der Waals surface area (Å²) >= 11 is 0. The summed E-state index contributed by atoms with van der Waals surface area (Å²) in [5.41, 5.74) is 5.30. The maximum absolute atomic E-state index is 14.5. The molecule has 0 unspecified atom stereocenters. The maximum atomic E-state index is 14.5. The number of rotatable bonds is 4. The molecule has 0 aromatic rings. The summed E-state index contributed by atoms with van der Waals surface area (Å²) in [6.45, 7) is 28.9. The van der Waals surface area contributed by atoms with Crippen molar-refractivity contribution in [2.24, 2.45) is 52.3 Å². The molecule has 7 aliphatic carbocycles. The zero-order valence-corrected chi connectivity index (χ0v) is 29.5. The molecule has 0 spiro atoms. The van der Waals surface area contributed by atoms with E-state index in [9.17, 15) is 4.79 Å². The van der Waals surface area contributed by atoms with Gasteiger partial charge in [-0.3, -0.25) is 4.79 Å². The molecule has 0 bridgehead atoms. The van der Waals surface area contributed by atoms with Gasteiger partial charge in [-0.2, -0.15) is 0 Å². The molecule has 5 heteroatoms. The van der Waals surface area contributed by atoms with E-state index in [2.05, 4.69) is 87.7 Å². The van der Waals surface area contributed by atoms with Gasteiger partial charge in [0, 0.05) is 11.8 Å². The molecule has 0 radical (unpaired) electrons. The fourth-order valence-electron chi connectivity index (χ4n) is 10.3. The second-order valence-electron chi connectivity index (χ2n) is 18.7. The Hall–Kier alpha value is -0.496. The van der Waals surface area contributed by atoms with Gasteiger partial charge in [0.1, 0.15) is 0 Å². The van der Waals surface area contributed by atoms with Gasteiger partial charge >= 0.3 is 0 Å². The Morgan fingerprint density at radius 2 is 1.48 bits per heavy atom. The largest absolute Gasteiger partial charge is 0.413 e. The van der Waals surface area contributed by atoms with Gasteiger partial charge in [0.2, 0.25) is 0 Å². The summed E-state index contributed by atoms with van der Waals surface area (Å²) in [6.07, 6.45) is 8.72. The molecule has 3 nitrogen and oxygen atoms in total. The van der Waals surface area contributed by atoms with Crippen LogP contribution < -0.4 is 0 Å². The van der Waals surface area contributed by atoms with Crippen LogP contribution in [0.1, 0.15) is 87.5 Å². The van der Waals surface area contributed by atoms with E-state index in [1.165, 1.54) is 24.8 Å². The van der Waals surface area contributed by atoms with E-state index < -0.39 is 16.6 Å². The molecule has 4 saturated carbocycles. The summed E-state index contributed by atoms with van der Waals surface area (Å²) in [5, 5.41) is 0.349. The van der Waals surface area contributed by atoms with Crippen molar-refractivity contribution in [3.63, 3.8) is 0 Å². The van der Waals surface area contributed by atoms with E-state index in [1.807, 2.05) is 0 Å². The Bertz CT molecular complexity index is 1230. The van der Waals surface area contributed by atoms with E-state index in [0.717, 1.165) is 24.7 Å². The minimum atomic E-state index is -1.97. The Morgan fingerprint density at radius 3 is 2.10 bits per heavy atom. The van der Waals surface area contributed by atoms with Crippen molar-refractivity contribution in [1.82, 2.24) is 0 Å². The van der Waals surface area contributed by atoms with E-state index >= 15 is 0 Å². The van der Waals surface area contributed by atoms with Crippen molar-refractivity contribution in [3.8, 4) is 0 Å². The van der Waals surface area contributed by atoms with Crippen molar-refractivity contribution in [3.05, 3.63) is 22.8 Å². The molecular formula is C35H56O3Si2. The molecule has 0 N–H and O–H groups in total. The van der Waals surface area contributed by atoms with Crippen LogP contribution in [0.4, 0.5) is 0 Å².